The molecule has 3 N–H and O–H groups in total. The molecular formula is C14H22N2O3. The zero-order chi connectivity index (χ0) is 14.3. The van der Waals surface area contributed by atoms with Gasteiger partial charge in [0.1, 0.15) is 5.75 Å². The summed E-state index contributed by atoms with van der Waals surface area (Å²) in [6.45, 7) is 1.93. The van der Waals surface area contributed by atoms with Crippen molar-refractivity contribution in [3.63, 3.8) is 0 Å². The highest BCUT2D eigenvalue weighted by Gasteiger charge is 2.16. The van der Waals surface area contributed by atoms with Crippen LogP contribution in [0.15, 0.2) is 18.3 Å². The third-order valence-electron chi connectivity index (χ3n) is 3.19. The van der Waals surface area contributed by atoms with Crippen LogP contribution in [0.4, 0.5) is 0 Å². The van der Waals surface area contributed by atoms with E-state index in [1.807, 2.05) is 19.1 Å². The number of amides is 1. The number of aromatic nitrogens is 1. The Balaban J connectivity index is 2.30. The molecule has 106 valence electrons. The predicted molar refractivity (Wildman–Crippen MR) is 72.7 cm³/mol. The second-order valence-corrected chi connectivity index (χ2v) is 4.80. The fourth-order valence-corrected chi connectivity index (χ4v) is 1.88. The number of aryl methyl sites for hydroxylation is 1. The number of nitrogens with two attached hydrogens (primary N) is 1. The molecule has 2 atom stereocenters. The summed E-state index contributed by atoms with van der Waals surface area (Å²) in [4.78, 5) is 15.0. The zero-order valence-corrected chi connectivity index (χ0v) is 11.5. The van der Waals surface area contributed by atoms with Crippen molar-refractivity contribution in [3.8, 4) is 5.75 Å². The molecule has 0 saturated heterocycles. The van der Waals surface area contributed by atoms with Crippen LogP contribution in [-0.4, -0.2) is 29.2 Å². The lowest BCUT2D eigenvalue weighted by Gasteiger charge is -2.17. The van der Waals surface area contributed by atoms with Crippen molar-refractivity contribution in [2.24, 2.45) is 11.7 Å². The van der Waals surface area contributed by atoms with E-state index >= 15 is 0 Å². The number of hydrogen-bond acceptors (Lipinski definition) is 4. The molecule has 1 heterocycles. The van der Waals surface area contributed by atoms with Crippen molar-refractivity contribution in [2.75, 3.05) is 7.11 Å². The van der Waals surface area contributed by atoms with E-state index in [9.17, 15) is 9.90 Å². The van der Waals surface area contributed by atoms with Gasteiger partial charge in [-0.3, -0.25) is 9.78 Å². The lowest BCUT2D eigenvalue weighted by atomic mass is 9.95. The number of nitrogens with zero attached hydrogens (tertiary/aromatic N) is 1. The number of pyridine rings is 1. The van der Waals surface area contributed by atoms with Crippen molar-refractivity contribution in [3.05, 3.63) is 24.0 Å². The summed E-state index contributed by atoms with van der Waals surface area (Å²) in [6, 6.07) is 3.82. The minimum absolute atomic E-state index is 0.0297. The molecule has 0 saturated carbocycles. The second kappa shape index (κ2) is 7.74. The minimum Gasteiger partial charge on any atom is -0.495 e. The number of aliphatic hydroxyl groups is 1. The van der Waals surface area contributed by atoms with Crippen LogP contribution in [0, 0.1) is 5.92 Å². The quantitative estimate of drug-likeness (QED) is 0.742. The first kappa shape index (κ1) is 15.4. The van der Waals surface area contributed by atoms with Gasteiger partial charge in [0.25, 0.3) is 0 Å². The first-order valence-corrected chi connectivity index (χ1v) is 6.48. The summed E-state index contributed by atoms with van der Waals surface area (Å²) in [5.74, 6) is 0.343. The number of aliphatic hydroxyl groups excluding tert-OH is 1. The SMILES string of the molecule is COc1ccc(CCC[C@@H](C)[C@@H](O)CC(N)=O)nc1. The molecule has 1 aromatic heterocycles. The van der Waals surface area contributed by atoms with Gasteiger partial charge in [-0.25, -0.2) is 0 Å². The number of carbonyl (C=O) groups is 1. The van der Waals surface area contributed by atoms with Gasteiger partial charge >= 0.3 is 0 Å². The number of rotatable bonds is 8. The van der Waals surface area contributed by atoms with Crippen molar-refractivity contribution in [2.45, 2.75) is 38.7 Å². The van der Waals surface area contributed by atoms with Gasteiger partial charge in [0.2, 0.25) is 5.91 Å². The number of primary amides is 1. The fraction of sp³-hybridized carbons (Fsp3) is 0.571. The molecule has 0 bridgehead atoms. The molecule has 0 unspecified atom stereocenters. The number of methoxy groups -OCH3 is 1. The highest BCUT2D eigenvalue weighted by Crippen LogP contribution is 2.16. The standard InChI is InChI=1S/C14H22N2O3/c1-10(13(17)8-14(15)18)4-3-5-11-6-7-12(19-2)9-16-11/h6-7,9-10,13,17H,3-5,8H2,1-2H3,(H2,15,18)/t10-,13+/m1/s1. The molecule has 0 aliphatic carbocycles. The third-order valence-corrected chi connectivity index (χ3v) is 3.19. The maximum Gasteiger partial charge on any atom is 0.220 e. The van der Waals surface area contributed by atoms with Crippen molar-refractivity contribution >= 4 is 5.91 Å². The van der Waals surface area contributed by atoms with Gasteiger partial charge in [0.05, 0.1) is 25.8 Å². The molecule has 5 heteroatoms. The largest absolute Gasteiger partial charge is 0.495 e. The molecular weight excluding hydrogens is 244 g/mol. The van der Waals surface area contributed by atoms with Gasteiger partial charge in [-0.15, -0.1) is 0 Å². The first-order chi connectivity index (χ1) is 9.02. The average molecular weight is 266 g/mol. The molecule has 0 fully saturated rings. The van der Waals surface area contributed by atoms with Crippen LogP contribution >= 0.6 is 0 Å². The molecule has 1 amide bonds. The first-order valence-electron chi connectivity index (χ1n) is 6.48. The van der Waals surface area contributed by atoms with Gasteiger partial charge in [0, 0.05) is 5.69 Å². The van der Waals surface area contributed by atoms with Crippen LogP contribution in [0.3, 0.4) is 0 Å². The fourth-order valence-electron chi connectivity index (χ4n) is 1.88. The van der Waals surface area contributed by atoms with Crippen LogP contribution < -0.4 is 10.5 Å². The van der Waals surface area contributed by atoms with E-state index in [0.717, 1.165) is 30.7 Å². The molecule has 0 spiro atoms. The summed E-state index contributed by atoms with van der Waals surface area (Å²) in [6.07, 6.45) is 3.67. The molecule has 1 rings (SSSR count). The third kappa shape index (κ3) is 5.70. The number of carbonyl (C=O) groups excluding carboxylic acids is 1. The highest BCUT2D eigenvalue weighted by molar-refractivity contribution is 5.74. The van der Waals surface area contributed by atoms with Crippen molar-refractivity contribution < 1.29 is 14.6 Å². The Labute approximate surface area is 113 Å². The minimum atomic E-state index is -0.652. The van der Waals surface area contributed by atoms with E-state index in [4.69, 9.17) is 10.5 Å². The van der Waals surface area contributed by atoms with Gasteiger partial charge in [-0.05, 0) is 37.3 Å². The Morgan fingerprint density at radius 2 is 2.26 bits per heavy atom. The topological polar surface area (TPSA) is 85.4 Å². The maximum absolute atomic E-state index is 10.7. The lowest BCUT2D eigenvalue weighted by molar-refractivity contribution is -0.120. The van der Waals surface area contributed by atoms with Crippen molar-refractivity contribution in [1.29, 1.82) is 0 Å². The van der Waals surface area contributed by atoms with E-state index in [2.05, 4.69) is 4.98 Å². The van der Waals surface area contributed by atoms with Crippen LogP contribution in [0.2, 0.25) is 0 Å². The molecule has 0 radical (unpaired) electrons. The second-order valence-electron chi connectivity index (χ2n) is 4.80. The lowest BCUT2D eigenvalue weighted by Crippen LogP contribution is -2.25. The molecule has 0 aliphatic heterocycles. The summed E-state index contributed by atoms with van der Waals surface area (Å²) in [7, 11) is 1.61. The Morgan fingerprint density at radius 3 is 2.79 bits per heavy atom. The van der Waals surface area contributed by atoms with E-state index in [1.165, 1.54) is 0 Å². The van der Waals surface area contributed by atoms with Gasteiger partial charge in [-0.1, -0.05) is 6.92 Å². The molecule has 0 aromatic carbocycles. The van der Waals surface area contributed by atoms with Crippen LogP contribution in [-0.2, 0) is 11.2 Å². The molecule has 19 heavy (non-hydrogen) atoms. The average Bonchev–Trinajstić information content (AvgIpc) is 2.38. The number of hydrogen-bond donors (Lipinski definition) is 2. The Bertz CT molecular complexity index is 392. The van der Waals surface area contributed by atoms with Crippen molar-refractivity contribution in [1.82, 2.24) is 4.98 Å². The van der Waals surface area contributed by atoms with E-state index < -0.39 is 12.0 Å². The Kier molecular flexibility index (Phi) is 6.29. The normalized spacial score (nSPS) is 13.8. The van der Waals surface area contributed by atoms with Crippen LogP contribution in [0.5, 0.6) is 5.75 Å². The number of ether oxygens (including phenoxy) is 1. The van der Waals surface area contributed by atoms with Gasteiger partial charge in [0.15, 0.2) is 0 Å². The summed E-state index contributed by atoms with van der Waals surface area (Å²) >= 11 is 0. The molecule has 0 aliphatic rings. The van der Waals surface area contributed by atoms with E-state index in [-0.39, 0.29) is 12.3 Å². The monoisotopic (exact) mass is 266 g/mol. The van der Waals surface area contributed by atoms with E-state index in [1.54, 1.807) is 13.3 Å². The molecule has 1 aromatic rings. The highest BCUT2D eigenvalue weighted by atomic mass is 16.5. The van der Waals surface area contributed by atoms with Gasteiger partial charge in [-0.2, -0.15) is 0 Å². The zero-order valence-electron chi connectivity index (χ0n) is 11.5. The maximum atomic E-state index is 10.7. The molecule has 5 nitrogen and oxygen atoms in total. The Morgan fingerprint density at radius 1 is 1.53 bits per heavy atom. The smallest absolute Gasteiger partial charge is 0.220 e. The predicted octanol–water partition coefficient (Wildman–Crippen LogP) is 1.29. The van der Waals surface area contributed by atoms with Crippen LogP contribution in [0.1, 0.15) is 31.9 Å². The summed E-state index contributed by atoms with van der Waals surface area (Å²) in [5.41, 5.74) is 6.06. The summed E-state index contributed by atoms with van der Waals surface area (Å²) < 4.78 is 5.04. The van der Waals surface area contributed by atoms with Gasteiger partial charge < -0.3 is 15.6 Å². The van der Waals surface area contributed by atoms with Crippen LogP contribution in [0.25, 0.3) is 0 Å². The van der Waals surface area contributed by atoms with E-state index in [0.29, 0.717) is 0 Å². The Hall–Kier alpha value is -1.62. The summed E-state index contributed by atoms with van der Waals surface area (Å²) in [5, 5.41) is 9.72.